The quantitative estimate of drug-likeness (QED) is 0.0264. The highest BCUT2D eigenvalue weighted by Gasteiger charge is 2.26. The molecule has 10 heteroatoms. The van der Waals surface area contributed by atoms with Gasteiger partial charge >= 0.3 is 19.8 Å². The monoisotopic (exact) mass is 1050 g/mol. The smallest absolute Gasteiger partial charge is 0.462 e. The van der Waals surface area contributed by atoms with Crippen molar-refractivity contribution in [3.05, 3.63) is 182 Å². The van der Waals surface area contributed by atoms with Crippen molar-refractivity contribution < 1.29 is 37.6 Å². The van der Waals surface area contributed by atoms with Gasteiger partial charge in [0.1, 0.15) is 6.61 Å². The Morgan fingerprint density at radius 3 is 1.08 bits per heavy atom. The maximum Gasteiger partial charge on any atom is 0.472 e. The third kappa shape index (κ3) is 58.2. The van der Waals surface area contributed by atoms with Gasteiger partial charge in [-0.2, -0.15) is 0 Å². The van der Waals surface area contributed by atoms with E-state index in [0.717, 1.165) is 128 Å². The average molecular weight is 1050 g/mol. The number of rotatable bonds is 50. The minimum absolute atomic E-state index is 0.0327. The van der Waals surface area contributed by atoms with Crippen molar-refractivity contribution >= 4 is 19.8 Å². The molecule has 0 aromatic rings. The van der Waals surface area contributed by atoms with Crippen LogP contribution in [0, 0.1) is 0 Å². The Kier molecular flexibility index (Phi) is 54.6. The van der Waals surface area contributed by atoms with Gasteiger partial charge in [-0.25, -0.2) is 4.57 Å². The van der Waals surface area contributed by atoms with Gasteiger partial charge < -0.3 is 20.1 Å². The Balaban J connectivity index is 4.05. The van der Waals surface area contributed by atoms with Crippen LogP contribution in [0.4, 0.5) is 0 Å². The molecule has 2 atom stereocenters. The van der Waals surface area contributed by atoms with Crippen LogP contribution >= 0.6 is 7.82 Å². The third-order valence-electron chi connectivity index (χ3n) is 10.8. The number of unbranched alkanes of at least 4 members (excludes halogenated alkanes) is 7. The van der Waals surface area contributed by atoms with Gasteiger partial charge in [-0.3, -0.25) is 18.6 Å². The molecule has 0 aliphatic rings. The fourth-order valence-corrected chi connectivity index (χ4v) is 7.48. The van der Waals surface area contributed by atoms with Crippen LogP contribution in [-0.2, 0) is 32.7 Å². The van der Waals surface area contributed by atoms with E-state index in [1.54, 1.807) is 0 Å². The molecule has 0 bridgehead atoms. The molecule has 0 aliphatic heterocycles. The summed E-state index contributed by atoms with van der Waals surface area (Å²) in [6.45, 7) is 3.37. The van der Waals surface area contributed by atoms with E-state index < -0.39 is 32.5 Å². The van der Waals surface area contributed by atoms with Crippen molar-refractivity contribution in [2.75, 3.05) is 26.4 Å². The lowest BCUT2D eigenvalue weighted by molar-refractivity contribution is -0.161. The van der Waals surface area contributed by atoms with Crippen molar-refractivity contribution in [1.82, 2.24) is 0 Å². The molecule has 0 radical (unpaired) electrons. The van der Waals surface area contributed by atoms with E-state index in [1.165, 1.54) is 12.8 Å². The summed E-state index contributed by atoms with van der Waals surface area (Å²) in [7, 11) is -4.41. The lowest BCUT2D eigenvalue weighted by atomic mass is 10.1. The van der Waals surface area contributed by atoms with Crippen molar-refractivity contribution in [2.24, 2.45) is 5.73 Å². The molecule has 0 aliphatic carbocycles. The van der Waals surface area contributed by atoms with Crippen LogP contribution in [0.15, 0.2) is 182 Å². The van der Waals surface area contributed by atoms with Crippen molar-refractivity contribution in [3.63, 3.8) is 0 Å². The van der Waals surface area contributed by atoms with Gasteiger partial charge in [0.2, 0.25) is 0 Å². The van der Waals surface area contributed by atoms with Gasteiger partial charge in [-0.1, -0.05) is 228 Å². The number of phosphoric ester groups is 1. The molecule has 75 heavy (non-hydrogen) atoms. The number of phosphoric acid groups is 1. The fourth-order valence-electron chi connectivity index (χ4n) is 6.71. The van der Waals surface area contributed by atoms with Gasteiger partial charge in [-0.15, -0.1) is 0 Å². The molecular formula is C65H100NO8P. The van der Waals surface area contributed by atoms with Crippen LogP contribution in [0.25, 0.3) is 0 Å². The number of ether oxygens (including phenoxy) is 2. The molecule has 0 saturated heterocycles. The second-order valence-electron chi connectivity index (χ2n) is 17.7. The lowest BCUT2D eigenvalue weighted by Gasteiger charge is -2.19. The van der Waals surface area contributed by atoms with Gasteiger partial charge in [0.05, 0.1) is 13.2 Å². The van der Waals surface area contributed by atoms with E-state index in [0.29, 0.717) is 12.8 Å². The van der Waals surface area contributed by atoms with Gasteiger partial charge in [0.25, 0.3) is 0 Å². The Labute approximate surface area is 456 Å². The lowest BCUT2D eigenvalue weighted by Crippen LogP contribution is -2.29. The number of carbonyl (C=O) groups is 2. The number of allylic oxidation sites excluding steroid dienone is 30. The standard InChI is InChI=1S/C65H100NO8P/c1-3-5-7-9-11-13-15-17-18-19-20-21-22-23-24-25-26-27-28-29-30-31-32-33-34-35-36-37-38-39-40-41-42-43-44-46-48-50-52-54-56-58-65(68)74-63(62-73-75(69,70)72-60-59-66)61-71-64(67)57-55-53-51-49-47-45-16-14-12-10-8-6-4-2/h5-8,11-14,17-18,20-21,23-24,26-27,29-30,32-33,35-36,38-39,41-42,45,47,51,53,63H,3-4,9-10,15-16,19,22,25,28,31,34,37,40,43-44,46,48-50,52,54-62,66H2,1-2H3,(H,69,70)/b7-5-,8-6-,13-11-,14-12-,18-17-,21-20-,24-23-,27-26-,30-29-,33-32-,36-35-,39-38-,42-41-,47-45-,53-51-. The third-order valence-corrected chi connectivity index (χ3v) is 11.8. The first-order chi connectivity index (χ1) is 36.8. The predicted octanol–water partition coefficient (Wildman–Crippen LogP) is 18.1. The molecule has 0 heterocycles. The highest BCUT2D eigenvalue weighted by Crippen LogP contribution is 2.43. The van der Waals surface area contributed by atoms with Gasteiger partial charge in [0.15, 0.2) is 6.10 Å². The first-order valence-corrected chi connectivity index (χ1v) is 29.8. The predicted molar refractivity (Wildman–Crippen MR) is 320 cm³/mol. The summed E-state index contributed by atoms with van der Waals surface area (Å²) in [4.78, 5) is 35.0. The van der Waals surface area contributed by atoms with Crippen LogP contribution in [0.1, 0.15) is 181 Å². The molecular weight excluding hydrogens is 954 g/mol. The maximum absolute atomic E-state index is 12.7. The molecule has 0 amide bonds. The van der Waals surface area contributed by atoms with Crippen molar-refractivity contribution in [1.29, 1.82) is 0 Å². The fraction of sp³-hybridized carbons (Fsp3) is 0.508. The number of hydrogen-bond donors (Lipinski definition) is 2. The molecule has 0 aromatic heterocycles. The molecule has 9 nitrogen and oxygen atoms in total. The normalized spacial score (nSPS) is 14.5. The summed E-state index contributed by atoms with van der Waals surface area (Å²) >= 11 is 0. The van der Waals surface area contributed by atoms with Crippen LogP contribution < -0.4 is 5.73 Å². The second kappa shape index (κ2) is 58.4. The minimum atomic E-state index is -4.41. The summed E-state index contributed by atoms with van der Waals surface area (Å²) in [6, 6.07) is 0. The molecule has 0 fully saturated rings. The van der Waals surface area contributed by atoms with Crippen LogP contribution in [0.3, 0.4) is 0 Å². The zero-order valence-corrected chi connectivity index (χ0v) is 47.3. The summed E-state index contributed by atoms with van der Waals surface area (Å²) in [6.07, 6.45) is 88.3. The summed E-state index contributed by atoms with van der Waals surface area (Å²) in [5.74, 6) is -0.953. The second-order valence-corrected chi connectivity index (χ2v) is 19.1. The van der Waals surface area contributed by atoms with Crippen LogP contribution in [0.2, 0.25) is 0 Å². The van der Waals surface area contributed by atoms with Crippen LogP contribution in [0.5, 0.6) is 0 Å². The molecule has 2 unspecified atom stereocenters. The Morgan fingerprint density at radius 2 is 0.720 bits per heavy atom. The molecule has 0 spiro atoms. The zero-order valence-electron chi connectivity index (χ0n) is 46.4. The molecule has 0 aromatic carbocycles. The van der Waals surface area contributed by atoms with Crippen LogP contribution in [-0.4, -0.2) is 49.3 Å². The summed E-state index contributed by atoms with van der Waals surface area (Å²) < 4.78 is 32.8. The minimum Gasteiger partial charge on any atom is -0.462 e. The molecule has 418 valence electrons. The van der Waals surface area contributed by atoms with Gasteiger partial charge in [0, 0.05) is 19.4 Å². The van der Waals surface area contributed by atoms with E-state index in [1.807, 2.05) is 12.2 Å². The Hall–Kier alpha value is -4.89. The number of hydrogen-bond acceptors (Lipinski definition) is 8. The summed E-state index contributed by atoms with van der Waals surface area (Å²) in [5.41, 5.74) is 5.36. The van der Waals surface area contributed by atoms with E-state index in [4.69, 9.17) is 24.3 Å². The first kappa shape index (κ1) is 70.1. The molecule has 0 rings (SSSR count). The highest BCUT2D eigenvalue weighted by molar-refractivity contribution is 7.47. The van der Waals surface area contributed by atoms with E-state index in [2.05, 4.69) is 184 Å². The zero-order chi connectivity index (χ0) is 54.5. The highest BCUT2D eigenvalue weighted by atomic mass is 31.2. The van der Waals surface area contributed by atoms with E-state index >= 15 is 0 Å². The largest absolute Gasteiger partial charge is 0.472 e. The SMILES string of the molecule is CC/C=C\C/C=C\C/C=C\C/C=C\C/C=C\C/C=C\C/C=C\C/C=C\C/C=C\C/C=C\C/C=C\CCCCCCCCCC(=O)OC(COC(=O)CC/C=C\C/C=C\C/C=C\C/C=C\CC)COP(=O)(O)OCCN. The molecule has 3 N–H and O–H groups in total. The number of esters is 2. The number of nitrogens with two attached hydrogens (primary N) is 1. The summed E-state index contributed by atoms with van der Waals surface area (Å²) in [5, 5.41) is 0. The van der Waals surface area contributed by atoms with E-state index in [-0.39, 0.29) is 32.6 Å². The van der Waals surface area contributed by atoms with Crippen molar-refractivity contribution in [3.8, 4) is 0 Å². The number of carbonyl (C=O) groups excluding carboxylic acids is 2. The average Bonchev–Trinajstić information content (AvgIpc) is 3.40. The van der Waals surface area contributed by atoms with E-state index in [9.17, 15) is 19.0 Å². The first-order valence-electron chi connectivity index (χ1n) is 28.3. The maximum atomic E-state index is 12.7. The molecule has 0 saturated carbocycles. The van der Waals surface area contributed by atoms with Gasteiger partial charge in [-0.05, 0) is 122 Å². The Morgan fingerprint density at radius 1 is 0.400 bits per heavy atom. The topological polar surface area (TPSA) is 134 Å². The Bertz CT molecular complexity index is 1870. The van der Waals surface area contributed by atoms with Crippen molar-refractivity contribution in [2.45, 2.75) is 187 Å².